The first-order valence-corrected chi connectivity index (χ1v) is 14.5. The molecule has 12 heteroatoms. The second kappa shape index (κ2) is 10.4. The molecule has 2 fully saturated rings. The Kier molecular flexibility index (Phi) is 6.79. The number of anilines is 2. The minimum Gasteiger partial charge on any atom is -0.389 e. The Bertz CT molecular complexity index is 1710. The maximum absolute atomic E-state index is 12.5. The summed E-state index contributed by atoms with van der Waals surface area (Å²) in [6.45, 7) is 3.19. The fraction of sp³-hybridized carbons (Fsp3) is 0.321. The quantitative estimate of drug-likeness (QED) is 0.303. The highest BCUT2D eigenvalue weighted by Crippen LogP contribution is 2.36. The summed E-state index contributed by atoms with van der Waals surface area (Å²) in [4.78, 5) is 17.5. The van der Waals surface area contributed by atoms with Gasteiger partial charge in [-0.05, 0) is 62.6 Å². The van der Waals surface area contributed by atoms with E-state index in [0.29, 0.717) is 48.8 Å². The Morgan fingerprint density at radius 2 is 2.00 bits per heavy atom. The molecule has 11 nitrogen and oxygen atoms in total. The van der Waals surface area contributed by atoms with Gasteiger partial charge in [-0.15, -0.1) is 0 Å². The van der Waals surface area contributed by atoms with E-state index < -0.39 is 15.6 Å². The van der Waals surface area contributed by atoms with E-state index in [9.17, 15) is 13.5 Å². The van der Waals surface area contributed by atoms with Gasteiger partial charge in [0.2, 0.25) is 0 Å². The van der Waals surface area contributed by atoms with Crippen LogP contribution in [0.1, 0.15) is 48.8 Å². The van der Waals surface area contributed by atoms with Gasteiger partial charge in [-0.2, -0.15) is 9.19 Å². The van der Waals surface area contributed by atoms with Crippen molar-refractivity contribution in [3.63, 3.8) is 0 Å². The summed E-state index contributed by atoms with van der Waals surface area (Å²) in [6, 6.07) is 7.31. The van der Waals surface area contributed by atoms with Gasteiger partial charge < -0.3 is 15.7 Å². The summed E-state index contributed by atoms with van der Waals surface area (Å²) < 4.78 is 26.0. The minimum absolute atomic E-state index is 0.205. The fourth-order valence-corrected chi connectivity index (χ4v) is 6.19. The van der Waals surface area contributed by atoms with Crippen LogP contribution in [0.25, 0.3) is 11.4 Å². The van der Waals surface area contributed by atoms with Gasteiger partial charge in [-0.3, -0.25) is 4.98 Å². The van der Waals surface area contributed by atoms with Crippen molar-refractivity contribution in [2.24, 2.45) is 0 Å². The van der Waals surface area contributed by atoms with Crippen molar-refractivity contribution in [1.29, 1.82) is 0 Å². The van der Waals surface area contributed by atoms with Crippen molar-refractivity contribution >= 4 is 21.7 Å². The molecule has 2 atom stereocenters. The average molecular weight is 557 g/mol. The molecule has 0 radical (unpaired) electrons. The van der Waals surface area contributed by atoms with Gasteiger partial charge in [-0.1, -0.05) is 11.8 Å². The van der Waals surface area contributed by atoms with E-state index in [-0.39, 0.29) is 11.2 Å². The number of hydrogen-bond acceptors (Lipinski definition) is 10. The van der Waals surface area contributed by atoms with Gasteiger partial charge in [0.1, 0.15) is 11.6 Å². The monoisotopic (exact) mass is 556 g/mol. The van der Waals surface area contributed by atoms with E-state index in [1.54, 1.807) is 30.9 Å². The standard InChI is InChI=1S/C28H28N8O3S/c1-28(37)9-12-30-17-24(28)23-13-26(32-15-20(23)5-4-19-3-2-10-29-14-19)34-25-8-11-31-27(35-25)21-16-33-36(18-21)40(38,39)22-6-7-22/h2-3,8,10-11,13-16,18,22,24,30,37H,6-7,9,12,17H2,1H3,(H,31,32,34,35). The summed E-state index contributed by atoms with van der Waals surface area (Å²) >= 11 is 0. The van der Waals surface area contributed by atoms with Gasteiger partial charge in [0.25, 0.3) is 10.0 Å². The molecule has 204 valence electrons. The van der Waals surface area contributed by atoms with Gasteiger partial charge in [0.15, 0.2) is 5.82 Å². The molecule has 0 spiro atoms. The van der Waals surface area contributed by atoms with Crippen molar-refractivity contribution < 1.29 is 13.5 Å². The first-order chi connectivity index (χ1) is 19.3. The second-order valence-corrected chi connectivity index (χ2v) is 12.3. The van der Waals surface area contributed by atoms with E-state index in [0.717, 1.165) is 27.3 Å². The lowest BCUT2D eigenvalue weighted by Crippen LogP contribution is -2.46. The molecule has 0 bridgehead atoms. The third-order valence-corrected chi connectivity index (χ3v) is 9.19. The highest BCUT2D eigenvalue weighted by Gasteiger charge is 2.38. The lowest BCUT2D eigenvalue weighted by atomic mass is 9.77. The van der Waals surface area contributed by atoms with Gasteiger partial charge in [0.05, 0.1) is 28.8 Å². The van der Waals surface area contributed by atoms with Crippen molar-refractivity contribution in [1.82, 2.24) is 34.4 Å². The first-order valence-electron chi connectivity index (χ1n) is 13.0. The van der Waals surface area contributed by atoms with Crippen LogP contribution in [0.4, 0.5) is 11.6 Å². The molecule has 1 aliphatic carbocycles. The summed E-state index contributed by atoms with van der Waals surface area (Å²) in [6.07, 6.45) is 11.5. The molecule has 3 N–H and O–H groups in total. The summed E-state index contributed by atoms with van der Waals surface area (Å²) in [7, 11) is -3.48. The number of aromatic nitrogens is 6. The number of nitrogens with one attached hydrogen (secondary N) is 2. The molecule has 4 aromatic heterocycles. The predicted molar refractivity (Wildman–Crippen MR) is 149 cm³/mol. The highest BCUT2D eigenvalue weighted by atomic mass is 32.2. The number of piperidine rings is 1. The summed E-state index contributed by atoms with van der Waals surface area (Å²) in [5, 5.41) is 21.5. The lowest BCUT2D eigenvalue weighted by Gasteiger charge is -2.38. The van der Waals surface area contributed by atoms with Gasteiger partial charge >= 0.3 is 0 Å². The number of pyridine rings is 2. The molecule has 1 saturated heterocycles. The Balaban J connectivity index is 1.30. The summed E-state index contributed by atoms with van der Waals surface area (Å²) in [5.41, 5.74) is 1.94. The zero-order valence-corrected chi connectivity index (χ0v) is 22.6. The van der Waals surface area contributed by atoms with Crippen LogP contribution in [-0.4, -0.2) is 66.6 Å². The third-order valence-electron chi connectivity index (χ3n) is 7.16. The molecule has 40 heavy (non-hydrogen) atoms. The van der Waals surface area contributed by atoms with Crippen LogP contribution < -0.4 is 10.6 Å². The molecule has 2 unspecified atom stereocenters. The van der Waals surface area contributed by atoms with Crippen molar-refractivity contribution in [2.45, 2.75) is 43.0 Å². The molecular formula is C28H28N8O3S. The third kappa shape index (κ3) is 5.44. The van der Waals surface area contributed by atoms with E-state index in [4.69, 9.17) is 0 Å². The molecule has 0 amide bonds. The molecule has 2 aliphatic rings. The topological polar surface area (TPSA) is 148 Å². The zero-order valence-electron chi connectivity index (χ0n) is 21.8. The number of nitrogens with zero attached hydrogens (tertiary/aromatic N) is 6. The van der Waals surface area contributed by atoms with Crippen LogP contribution in [-0.2, 0) is 10.0 Å². The molecule has 6 rings (SSSR count). The maximum Gasteiger partial charge on any atom is 0.256 e. The molecule has 1 aliphatic heterocycles. The lowest BCUT2D eigenvalue weighted by molar-refractivity contribution is 0.00774. The normalized spacial score (nSPS) is 20.9. The Morgan fingerprint density at radius 1 is 1.12 bits per heavy atom. The van der Waals surface area contributed by atoms with Crippen LogP contribution >= 0.6 is 0 Å². The smallest absolute Gasteiger partial charge is 0.256 e. The van der Waals surface area contributed by atoms with E-state index >= 15 is 0 Å². The van der Waals surface area contributed by atoms with Crippen LogP contribution in [0.15, 0.2) is 61.4 Å². The van der Waals surface area contributed by atoms with Crippen molar-refractivity contribution in [2.75, 3.05) is 18.4 Å². The Hall–Kier alpha value is -4.18. The van der Waals surface area contributed by atoms with Crippen LogP contribution in [0.2, 0.25) is 0 Å². The predicted octanol–water partition coefficient (Wildman–Crippen LogP) is 2.44. The molecule has 5 heterocycles. The summed E-state index contributed by atoms with van der Waals surface area (Å²) in [5.74, 6) is 7.48. The van der Waals surface area contributed by atoms with Gasteiger partial charge in [0, 0.05) is 48.4 Å². The van der Waals surface area contributed by atoms with Crippen molar-refractivity contribution in [3.8, 4) is 23.2 Å². The fourth-order valence-electron chi connectivity index (χ4n) is 4.71. The number of aliphatic hydroxyl groups is 1. The van der Waals surface area contributed by atoms with E-state index in [2.05, 4.69) is 47.5 Å². The molecular weight excluding hydrogens is 528 g/mol. The maximum atomic E-state index is 12.5. The highest BCUT2D eigenvalue weighted by molar-refractivity contribution is 7.90. The Labute approximate surface area is 232 Å². The number of hydrogen-bond donors (Lipinski definition) is 3. The second-order valence-electron chi connectivity index (χ2n) is 10.2. The molecule has 1 saturated carbocycles. The zero-order chi connectivity index (χ0) is 27.7. The first kappa shape index (κ1) is 26.1. The van der Waals surface area contributed by atoms with E-state index in [1.807, 2.05) is 25.1 Å². The van der Waals surface area contributed by atoms with Crippen LogP contribution in [0.5, 0.6) is 0 Å². The van der Waals surface area contributed by atoms with Crippen LogP contribution in [0.3, 0.4) is 0 Å². The minimum atomic E-state index is -3.48. The molecule has 4 aromatic rings. The van der Waals surface area contributed by atoms with Crippen LogP contribution in [0, 0.1) is 11.8 Å². The van der Waals surface area contributed by atoms with Gasteiger partial charge in [-0.25, -0.2) is 23.4 Å². The number of rotatable bonds is 6. The SMILES string of the molecule is CC1(O)CCNCC1c1cc(Nc2ccnc(-c3cnn(S(=O)(=O)C4CC4)c3)n2)ncc1C#Cc1cccnc1. The molecule has 0 aromatic carbocycles. The van der Waals surface area contributed by atoms with Crippen molar-refractivity contribution in [3.05, 3.63) is 78.1 Å². The average Bonchev–Trinajstić information content (AvgIpc) is 3.70. The van der Waals surface area contributed by atoms with E-state index in [1.165, 1.54) is 12.4 Å². The largest absolute Gasteiger partial charge is 0.389 e. The Morgan fingerprint density at radius 3 is 2.77 bits per heavy atom.